The zero-order valence-electron chi connectivity index (χ0n) is 18.3. The molecule has 0 atom stereocenters. The maximum atomic E-state index is 12.8. The van der Waals surface area contributed by atoms with Gasteiger partial charge in [-0.3, -0.25) is 14.2 Å². The number of aryl methyl sites for hydroxylation is 1. The van der Waals surface area contributed by atoms with Crippen molar-refractivity contribution in [2.75, 3.05) is 26.6 Å². The van der Waals surface area contributed by atoms with Crippen molar-refractivity contribution in [1.82, 2.24) is 4.57 Å². The van der Waals surface area contributed by atoms with E-state index >= 15 is 0 Å². The minimum atomic E-state index is -0.277. The molecule has 0 aliphatic rings. The molecular formula is C23H24N2O5S2. The monoisotopic (exact) mass is 472 g/mol. The first-order chi connectivity index (χ1) is 15.4. The third-order valence-corrected chi connectivity index (χ3v) is 6.31. The van der Waals surface area contributed by atoms with Crippen molar-refractivity contribution < 1.29 is 19.0 Å². The summed E-state index contributed by atoms with van der Waals surface area (Å²) in [5, 5.41) is 2.87. The number of methoxy groups -OCH3 is 3. The number of anilines is 1. The van der Waals surface area contributed by atoms with Crippen molar-refractivity contribution in [1.29, 1.82) is 0 Å². The second-order valence-corrected chi connectivity index (χ2v) is 8.57. The lowest BCUT2D eigenvalue weighted by molar-refractivity contribution is -0.116. The number of nitrogens with one attached hydrogen (secondary N) is 1. The summed E-state index contributed by atoms with van der Waals surface area (Å²) in [6.07, 6.45) is 0.133. The molecule has 1 amide bonds. The van der Waals surface area contributed by atoms with Gasteiger partial charge in [0.1, 0.15) is 0 Å². The molecule has 3 aromatic rings. The van der Waals surface area contributed by atoms with E-state index in [1.54, 1.807) is 12.1 Å². The molecule has 0 aliphatic heterocycles. The van der Waals surface area contributed by atoms with Gasteiger partial charge >= 0.3 is 0 Å². The average Bonchev–Trinajstić information content (AvgIpc) is 2.78. The molecule has 3 rings (SSSR count). The number of aromatic nitrogens is 1. The standard InChI is InChI=1S/C23H24N2O5S2/c1-14-7-5-6-8-16(14)24-20(26)9-10-25-21(27)13-19(32-23(25)31)15-11-17(28-2)22(30-4)18(12-15)29-3/h5-8,11-13H,9-10H2,1-4H3,(H,24,26). The SMILES string of the molecule is COc1cc(-c2cc(=O)n(CCC(=O)Nc3ccccc3C)c(=S)s2)cc(OC)c1OC. The number of benzene rings is 2. The molecule has 7 nitrogen and oxygen atoms in total. The van der Waals surface area contributed by atoms with Crippen LogP contribution in [0.15, 0.2) is 47.3 Å². The van der Waals surface area contributed by atoms with Gasteiger partial charge in [-0.1, -0.05) is 18.2 Å². The van der Waals surface area contributed by atoms with Crippen molar-refractivity contribution in [3.63, 3.8) is 0 Å². The highest BCUT2D eigenvalue weighted by Gasteiger charge is 2.16. The van der Waals surface area contributed by atoms with Crippen LogP contribution in [0.2, 0.25) is 0 Å². The van der Waals surface area contributed by atoms with Gasteiger partial charge in [0, 0.05) is 29.6 Å². The van der Waals surface area contributed by atoms with Gasteiger partial charge in [0.05, 0.1) is 21.3 Å². The maximum absolute atomic E-state index is 12.8. The number of nitrogens with zero attached hydrogens (tertiary/aromatic N) is 1. The fraction of sp³-hybridized carbons (Fsp3) is 0.261. The normalized spacial score (nSPS) is 10.5. The lowest BCUT2D eigenvalue weighted by Crippen LogP contribution is -2.23. The van der Waals surface area contributed by atoms with Crippen LogP contribution in [0.1, 0.15) is 12.0 Å². The number of para-hydroxylation sites is 1. The van der Waals surface area contributed by atoms with Crippen molar-refractivity contribution in [2.45, 2.75) is 19.9 Å². The molecule has 0 spiro atoms. The highest BCUT2D eigenvalue weighted by Crippen LogP contribution is 2.41. The first-order valence-corrected chi connectivity index (χ1v) is 11.0. The van der Waals surface area contributed by atoms with E-state index in [4.69, 9.17) is 26.4 Å². The molecule has 32 heavy (non-hydrogen) atoms. The number of rotatable bonds is 8. The number of carbonyl (C=O) groups excluding carboxylic acids is 1. The van der Waals surface area contributed by atoms with Crippen molar-refractivity contribution in [3.8, 4) is 27.7 Å². The molecule has 9 heteroatoms. The smallest absolute Gasteiger partial charge is 0.253 e. The highest BCUT2D eigenvalue weighted by molar-refractivity contribution is 7.73. The van der Waals surface area contributed by atoms with Gasteiger partial charge in [0.2, 0.25) is 11.7 Å². The summed E-state index contributed by atoms with van der Waals surface area (Å²) in [6.45, 7) is 2.12. The van der Waals surface area contributed by atoms with Crippen molar-refractivity contribution >= 4 is 35.1 Å². The largest absolute Gasteiger partial charge is 0.493 e. The molecule has 1 heterocycles. The molecule has 1 aromatic heterocycles. The molecule has 0 fully saturated rings. The van der Waals surface area contributed by atoms with Crippen LogP contribution in [0.4, 0.5) is 5.69 Å². The van der Waals surface area contributed by atoms with Gasteiger partial charge in [-0.2, -0.15) is 0 Å². The van der Waals surface area contributed by atoms with Gasteiger partial charge in [0.25, 0.3) is 5.56 Å². The van der Waals surface area contributed by atoms with Crippen LogP contribution in [0.25, 0.3) is 10.4 Å². The molecular weight excluding hydrogens is 448 g/mol. The van der Waals surface area contributed by atoms with Crippen LogP contribution in [0, 0.1) is 10.9 Å². The van der Waals surface area contributed by atoms with Gasteiger partial charge in [-0.05, 0) is 48.5 Å². The summed E-state index contributed by atoms with van der Waals surface area (Å²) in [5.41, 5.74) is 2.17. The third-order valence-electron chi connectivity index (χ3n) is 4.87. The van der Waals surface area contributed by atoms with E-state index in [0.29, 0.717) is 26.1 Å². The van der Waals surface area contributed by atoms with Crippen LogP contribution in [-0.4, -0.2) is 31.8 Å². The Kier molecular flexibility index (Phi) is 7.66. The maximum Gasteiger partial charge on any atom is 0.253 e. The van der Waals surface area contributed by atoms with E-state index in [2.05, 4.69) is 5.32 Å². The Morgan fingerprint density at radius 3 is 2.28 bits per heavy atom. The van der Waals surface area contributed by atoms with Crippen LogP contribution < -0.4 is 25.1 Å². The highest BCUT2D eigenvalue weighted by atomic mass is 32.1. The Morgan fingerprint density at radius 2 is 1.72 bits per heavy atom. The summed E-state index contributed by atoms with van der Waals surface area (Å²) >= 11 is 6.74. The van der Waals surface area contributed by atoms with E-state index < -0.39 is 0 Å². The Balaban J connectivity index is 1.83. The first kappa shape index (κ1) is 23.5. The molecule has 2 aromatic carbocycles. The van der Waals surface area contributed by atoms with E-state index in [0.717, 1.165) is 16.8 Å². The molecule has 168 valence electrons. The summed E-state index contributed by atoms with van der Waals surface area (Å²) in [7, 11) is 4.59. The predicted molar refractivity (Wildman–Crippen MR) is 129 cm³/mol. The van der Waals surface area contributed by atoms with Crippen LogP contribution in [-0.2, 0) is 11.3 Å². The molecule has 0 unspecified atom stereocenters. The Labute approximate surface area is 195 Å². The molecule has 0 aliphatic carbocycles. The fourth-order valence-electron chi connectivity index (χ4n) is 3.16. The first-order valence-electron chi connectivity index (χ1n) is 9.78. The number of carbonyl (C=O) groups is 1. The van der Waals surface area contributed by atoms with Crippen molar-refractivity contribution in [2.24, 2.45) is 0 Å². The van der Waals surface area contributed by atoms with E-state index in [1.807, 2.05) is 31.2 Å². The Bertz CT molecular complexity index is 1190. The van der Waals surface area contributed by atoms with Gasteiger partial charge < -0.3 is 19.5 Å². The van der Waals surface area contributed by atoms with Crippen LogP contribution >= 0.6 is 23.6 Å². The molecule has 0 saturated carbocycles. The van der Waals surface area contributed by atoms with E-state index in [-0.39, 0.29) is 24.4 Å². The van der Waals surface area contributed by atoms with Crippen LogP contribution in [0.3, 0.4) is 0 Å². The van der Waals surface area contributed by atoms with Crippen LogP contribution in [0.5, 0.6) is 17.2 Å². The van der Waals surface area contributed by atoms with Gasteiger partial charge in [-0.25, -0.2) is 0 Å². The van der Waals surface area contributed by atoms with E-state index in [1.165, 1.54) is 43.3 Å². The molecule has 0 radical (unpaired) electrons. The summed E-state index contributed by atoms with van der Waals surface area (Å²) in [5.74, 6) is 1.25. The van der Waals surface area contributed by atoms with E-state index in [9.17, 15) is 9.59 Å². The second-order valence-electron chi connectivity index (χ2n) is 6.89. The summed E-state index contributed by atoms with van der Waals surface area (Å²) < 4.78 is 17.9. The number of hydrogen-bond acceptors (Lipinski definition) is 7. The second kappa shape index (κ2) is 10.4. The summed E-state index contributed by atoms with van der Waals surface area (Å²) in [4.78, 5) is 25.8. The topological polar surface area (TPSA) is 78.8 Å². The molecule has 0 saturated heterocycles. The minimum absolute atomic E-state index is 0.133. The van der Waals surface area contributed by atoms with Crippen molar-refractivity contribution in [3.05, 3.63) is 62.3 Å². The van der Waals surface area contributed by atoms with Gasteiger partial charge in [-0.15, -0.1) is 11.3 Å². The zero-order chi connectivity index (χ0) is 23.3. The Morgan fingerprint density at radius 1 is 1.06 bits per heavy atom. The summed E-state index contributed by atoms with van der Waals surface area (Å²) in [6, 6.07) is 12.6. The quantitative estimate of drug-likeness (QED) is 0.480. The molecule has 0 bridgehead atoms. The third kappa shape index (κ3) is 5.17. The molecule has 1 N–H and O–H groups in total. The Hall–Kier alpha value is -3.17. The lowest BCUT2D eigenvalue weighted by Gasteiger charge is -2.14. The number of amides is 1. The minimum Gasteiger partial charge on any atom is -0.493 e. The van der Waals surface area contributed by atoms with Gasteiger partial charge in [0.15, 0.2) is 15.5 Å². The lowest BCUT2D eigenvalue weighted by atomic mass is 10.1. The zero-order valence-corrected chi connectivity index (χ0v) is 19.9. The number of hydrogen-bond donors (Lipinski definition) is 1. The fourth-order valence-corrected chi connectivity index (χ4v) is 4.49. The predicted octanol–water partition coefficient (Wildman–Crippen LogP) is 4.67. The number of ether oxygens (including phenoxy) is 3. The average molecular weight is 473 g/mol.